The number of nitrogens with one attached hydrogen (secondary N) is 2. The molecule has 1 aromatic carbocycles. The summed E-state index contributed by atoms with van der Waals surface area (Å²) in [5, 5.41) is 52.8. The number of benzene rings is 1. The number of halogens is 3. The number of hydrogen-bond acceptors (Lipinski definition) is 8. The van der Waals surface area contributed by atoms with Gasteiger partial charge in [-0.15, -0.1) is 0 Å². The second-order valence-corrected chi connectivity index (χ2v) is 8.60. The van der Waals surface area contributed by atoms with E-state index >= 15 is 0 Å². The third-order valence-corrected chi connectivity index (χ3v) is 6.66. The van der Waals surface area contributed by atoms with E-state index in [2.05, 4.69) is 10.6 Å². The fourth-order valence-corrected chi connectivity index (χ4v) is 6.56. The van der Waals surface area contributed by atoms with E-state index in [-0.39, 0.29) is 21.8 Å². The Hall–Kier alpha value is -0.410. The van der Waals surface area contributed by atoms with Gasteiger partial charge in [-0.05, 0) is 67.8 Å². The van der Waals surface area contributed by atoms with Crippen LogP contribution in [0.1, 0.15) is 20.7 Å². The van der Waals surface area contributed by atoms with E-state index in [4.69, 9.17) is 20.4 Å². The molecule has 0 saturated carbocycles. The summed E-state index contributed by atoms with van der Waals surface area (Å²) in [7, 11) is 0. The zero-order valence-electron chi connectivity index (χ0n) is 14.0. The Kier molecular flexibility index (Phi) is 10.7. The van der Waals surface area contributed by atoms with Crippen LogP contribution in [0.5, 0.6) is 0 Å². The van der Waals surface area contributed by atoms with Gasteiger partial charge in [-0.2, -0.15) is 0 Å². The number of hydrogen-bond donors (Lipinski definition) is 6. The fraction of sp³-hybridized carbons (Fsp3) is 0.429. The van der Waals surface area contributed by atoms with Crippen LogP contribution in [0.3, 0.4) is 0 Å². The van der Waals surface area contributed by atoms with Gasteiger partial charge in [-0.1, -0.05) is 0 Å². The maximum Gasteiger partial charge on any atom is 0.297 e. The Balaban J connectivity index is 3.61. The van der Waals surface area contributed by atoms with Crippen LogP contribution >= 0.6 is 67.8 Å². The summed E-state index contributed by atoms with van der Waals surface area (Å²) in [6, 6.07) is -1.97. The highest BCUT2D eigenvalue weighted by molar-refractivity contribution is 14.1. The van der Waals surface area contributed by atoms with Gasteiger partial charge in [0.1, 0.15) is 7.14 Å². The molecule has 0 fully saturated rings. The molecule has 2 amide bonds. The van der Waals surface area contributed by atoms with Gasteiger partial charge in [0.25, 0.3) is 17.5 Å². The topological polar surface area (TPSA) is 182 Å². The van der Waals surface area contributed by atoms with Crippen LogP contribution in [0.15, 0.2) is 0 Å². The third kappa shape index (κ3) is 5.81. The smallest absolute Gasteiger partial charge is 0.297 e. The molecule has 0 unspecified atom stereocenters. The molecule has 0 aliphatic rings. The third-order valence-electron chi connectivity index (χ3n) is 3.48. The maximum absolute atomic E-state index is 12.6. The number of nitro benzene ring substituents is 1. The van der Waals surface area contributed by atoms with Gasteiger partial charge in [0.05, 0.1) is 54.6 Å². The first-order chi connectivity index (χ1) is 13.1. The largest absolute Gasteiger partial charge is 0.394 e. The molecule has 0 bridgehead atoms. The van der Waals surface area contributed by atoms with Gasteiger partial charge in [-0.3, -0.25) is 19.7 Å². The number of rotatable bonds is 9. The normalized spacial score (nSPS) is 11.0. The minimum Gasteiger partial charge on any atom is -0.394 e. The first kappa shape index (κ1) is 25.6. The number of amides is 2. The lowest BCUT2D eigenvalue weighted by Crippen LogP contribution is -2.42. The molecule has 0 radical (unpaired) electrons. The maximum atomic E-state index is 12.6. The van der Waals surface area contributed by atoms with Crippen LogP contribution in [0.25, 0.3) is 0 Å². The van der Waals surface area contributed by atoms with Gasteiger partial charge >= 0.3 is 0 Å². The first-order valence-corrected chi connectivity index (χ1v) is 10.8. The Labute approximate surface area is 199 Å². The number of nitro groups is 1. The number of carbonyl (C=O) groups excluding carboxylic acids is 2. The van der Waals surface area contributed by atoms with Crippen LogP contribution in [0.2, 0.25) is 0 Å². The Morgan fingerprint density at radius 3 is 1.39 bits per heavy atom. The van der Waals surface area contributed by atoms with E-state index in [1.54, 1.807) is 67.8 Å². The molecule has 28 heavy (non-hydrogen) atoms. The molecular weight excluding hydrogens is 719 g/mol. The highest BCUT2D eigenvalue weighted by atomic mass is 127. The molecule has 11 nitrogen and oxygen atoms in total. The minimum absolute atomic E-state index is 0.0130. The van der Waals surface area contributed by atoms with Crippen LogP contribution in [-0.2, 0) is 0 Å². The number of aliphatic hydroxyl groups excluding tert-OH is 4. The van der Waals surface area contributed by atoms with Crippen molar-refractivity contribution in [3.05, 3.63) is 32.0 Å². The van der Waals surface area contributed by atoms with Crippen molar-refractivity contribution in [3.8, 4) is 0 Å². The van der Waals surface area contributed by atoms with Gasteiger partial charge < -0.3 is 31.1 Å². The lowest BCUT2D eigenvalue weighted by atomic mass is 10.1. The van der Waals surface area contributed by atoms with E-state index in [1.165, 1.54) is 0 Å². The second kappa shape index (κ2) is 11.7. The lowest BCUT2D eigenvalue weighted by Gasteiger charge is -2.19. The fourth-order valence-electron chi connectivity index (χ4n) is 2.02. The molecule has 0 spiro atoms. The van der Waals surface area contributed by atoms with Crippen LogP contribution < -0.4 is 10.6 Å². The van der Waals surface area contributed by atoms with Crippen molar-refractivity contribution in [3.63, 3.8) is 0 Å². The summed E-state index contributed by atoms with van der Waals surface area (Å²) in [5.74, 6) is -1.62. The summed E-state index contributed by atoms with van der Waals surface area (Å²) in [4.78, 5) is 36.1. The first-order valence-electron chi connectivity index (χ1n) is 7.54. The van der Waals surface area contributed by atoms with Crippen molar-refractivity contribution >= 4 is 85.3 Å². The molecule has 14 heteroatoms. The van der Waals surface area contributed by atoms with E-state index in [1.807, 2.05) is 0 Å². The highest BCUT2D eigenvalue weighted by Gasteiger charge is 2.34. The number of carbonyl (C=O) groups is 2. The molecule has 0 saturated heterocycles. The molecule has 156 valence electrons. The Bertz CT molecular complexity index is 716. The van der Waals surface area contributed by atoms with E-state index < -0.39 is 60.9 Å². The van der Waals surface area contributed by atoms with Crippen molar-refractivity contribution in [1.29, 1.82) is 0 Å². The van der Waals surface area contributed by atoms with E-state index in [0.29, 0.717) is 0 Å². The van der Waals surface area contributed by atoms with Gasteiger partial charge in [-0.25, -0.2) is 0 Å². The molecular formula is C14H16I3N3O8. The molecule has 0 aliphatic heterocycles. The standard InChI is InChI=1S/C14H16I3N3O8/c15-9-7(13(25)18-5(1-21)2-22)10(16)12(20(27)28)11(17)8(9)14(26)19-6(3-23)4-24/h5-6,21-24H,1-4H2,(H,18,25)(H,19,26). The quantitative estimate of drug-likeness (QED) is 0.112. The molecule has 1 rings (SSSR count). The van der Waals surface area contributed by atoms with Crippen molar-refractivity contribution in [2.45, 2.75) is 12.1 Å². The molecule has 0 aliphatic carbocycles. The van der Waals surface area contributed by atoms with Crippen molar-refractivity contribution < 1.29 is 34.9 Å². The van der Waals surface area contributed by atoms with Crippen LogP contribution in [0, 0.1) is 20.8 Å². The Morgan fingerprint density at radius 2 is 1.14 bits per heavy atom. The Morgan fingerprint density at radius 1 is 0.821 bits per heavy atom. The monoisotopic (exact) mass is 735 g/mol. The zero-order valence-corrected chi connectivity index (χ0v) is 20.5. The van der Waals surface area contributed by atoms with Crippen molar-refractivity contribution in [1.82, 2.24) is 10.6 Å². The zero-order chi connectivity index (χ0) is 21.6. The summed E-state index contributed by atoms with van der Waals surface area (Å²) >= 11 is 4.95. The summed E-state index contributed by atoms with van der Waals surface area (Å²) in [6.07, 6.45) is 0. The van der Waals surface area contributed by atoms with Crippen molar-refractivity contribution in [2.75, 3.05) is 26.4 Å². The molecule has 6 N–H and O–H groups in total. The highest BCUT2D eigenvalue weighted by Crippen LogP contribution is 2.37. The average molecular weight is 735 g/mol. The second-order valence-electron chi connectivity index (χ2n) is 5.37. The molecule has 1 aromatic rings. The average Bonchev–Trinajstić information content (AvgIpc) is 2.63. The summed E-state index contributed by atoms with van der Waals surface area (Å²) in [6.45, 7) is -2.21. The SMILES string of the molecule is O=C(NC(CO)CO)c1c(I)c(C(=O)NC(CO)CO)c(I)c([N+](=O)[O-])c1I. The molecule has 0 heterocycles. The van der Waals surface area contributed by atoms with E-state index in [9.17, 15) is 19.7 Å². The predicted octanol–water partition coefficient (Wildman–Crippen LogP) is -0.425. The van der Waals surface area contributed by atoms with Gasteiger partial charge in [0, 0.05) is 3.57 Å². The predicted molar refractivity (Wildman–Crippen MR) is 122 cm³/mol. The summed E-state index contributed by atoms with van der Waals surface area (Å²) < 4.78 is 0.0816. The van der Waals surface area contributed by atoms with Gasteiger partial charge in [0.2, 0.25) is 0 Å². The van der Waals surface area contributed by atoms with Gasteiger partial charge in [0.15, 0.2) is 0 Å². The number of nitrogens with zero attached hydrogens (tertiary/aromatic N) is 1. The summed E-state index contributed by atoms with van der Waals surface area (Å²) in [5.41, 5.74) is -0.768. The molecule has 0 aromatic heterocycles. The minimum atomic E-state index is -0.983. The van der Waals surface area contributed by atoms with Crippen LogP contribution in [-0.4, -0.2) is 75.7 Å². The van der Waals surface area contributed by atoms with Crippen LogP contribution in [0.4, 0.5) is 5.69 Å². The molecule has 0 atom stereocenters. The lowest BCUT2D eigenvalue weighted by molar-refractivity contribution is -0.386. The van der Waals surface area contributed by atoms with Crippen molar-refractivity contribution in [2.24, 2.45) is 0 Å². The van der Waals surface area contributed by atoms with E-state index in [0.717, 1.165) is 0 Å². The number of aliphatic hydroxyl groups is 4.